The SMILES string of the molecule is CCCCCCCCCc1ccc(OCCOCCOCCOCCOCCOCCOCCCCCC)cc1. The highest BCUT2D eigenvalue weighted by Gasteiger charge is 1.99. The highest BCUT2D eigenvalue weighted by Crippen LogP contribution is 2.15. The molecule has 0 aromatic heterocycles. The molecular weight excluding hydrogens is 508 g/mol. The molecule has 40 heavy (non-hydrogen) atoms. The second-order valence-corrected chi connectivity index (χ2v) is 10.1. The molecule has 0 atom stereocenters. The van der Waals surface area contributed by atoms with Gasteiger partial charge < -0.3 is 33.2 Å². The molecule has 7 heteroatoms. The maximum Gasteiger partial charge on any atom is 0.119 e. The van der Waals surface area contributed by atoms with Gasteiger partial charge >= 0.3 is 0 Å². The zero-order valence-corrected chi connectivity index (χ0v) is 25.8. The smallest absolute Gasteiger partial charge is 0.119 e. The quantitative estimate of drug-likeness (QED) is 0.0864. The molecule has 0 aliphatic heterocycles. The molecule has 1 aromatic rings. The average Bonchev–Trinajstić information content (AvgIpc) is 2.98. The number of benzene rings is 1. The summed E-state index contributed by atoms with van der Waals surface area (Å²) in [7, 11) is 0. The Hall–Kier alpha value is -1.22. The first kappa shape index (κ1) is 36.8. The first-order chi connectivity index (χ1) is 19.9. The van der Waals surface area contributed by atoms with E-state index in [1.165, 1.54) is 69.8 Å². The molecule has 0 aliphatic rings. The third-order valence-electron chi connectivity index (χ3n) is 6.49. The summed E-state index contributed by atoms with van der Waals surface area (Å²) in [6, 6.07) is 8.48. The monoisotopic (exact) mass is 568 g/mol. The normalized spacial score (nSPS) is 11.3. The third kappa shape index (κ3) is 25.7. The average molecular weight is 569 g/mol. The summed E-state index contributed by atoms with van der Waals surface area (Å²) >= 11 is 0. The number of hydrogen-bond donors (Lipinski definition) is 0. The summed E-state index contributed by atoms with van der Waals surface area (Å²) in [5, 5.41) is 0. The molecule has 0 spiro atoms. The van der Waals surface area contributed by atoms with E-state index >= 15 is 0 Å². The first-order valence-electron chi connectivity index (χ1n) is 16.0. The van der Waals surface area contributed by atoms with Crippen molar-refractivity contribution in [3.05, 3.63) is 29.8 Å². The predicted molar refractivity (Wildman–Crippen MR) is 163 cm³/mol. The van der Waals surface area contributed by atoms with E-state index in [1.54, 1.807) is 0 Å². The fourth-order valence-corrected chi connectivity index (χ4v) is 4.09. The molecular formula is C33H60O7. The topological polar surface area (TPSA) is 64.6 Å². The van der Waals surface area contributed by atoms with E-state index in [2.05, 4.69) is 38.1 Å². The molecule has 0 N–H and O–H groups in total. The van der Waals surface area contributed by atoms with Gasteiger partial charge in [0.05, 0.1) is 72.7 Å². The van der Waals surface area contributed by atoms with Crippen LogP contribution < -0.4 is 4.74 Å². The van der Waals surface area contributed by atoms with Gasteiger partial charge in [-0.1, -0.05) is 83.8 Å². The Labute approximate surface area is 245 Å². The summed E-state index contributed by atoms with van der Waals surface area (Å²) in [5.74, 6) is 0.898. The van der Waals surface area contributed by atoms with Gasteiger partial charge in [-0.05, 0) is 37.0 Å². The van der Waals surface area contributed by atoms with Crippen molar-refractivity contribution in [1.29, 1.82) is 0 Å². The van der Waals surface area contributed by atoms with Gasteiger partial charge in [-0.25, -0.2) is 0 Å². The molecule has 234 valence electrons. The van der Waals surface area contributed by atoms with Crippen LogP contribution >= 0.6 is 0 Å². The molecule has 1 aromatic carbocycles. The van der Waals surface area contributed by atoms with Crippen LogP contribution in [0.3, 0.4) is 0 Å². The fourth-order valence-electron chi connectivity index (χ4n) is 4.09. The van der Waals surface area contributed by atoms with Gasteiger partial charge in [-0.2, -0.15) is 0 Å². The Balaban J connectivity index is 1.76. The summed E-state index contributed by atoms with van der Waals surface area (Å²) in [5.41, 5.74) is 1.39. The van der Waals surface area contributed by atoms with Gasteiger partial charge in [0.15, 0.2) is 0 Å². The molecule has 0 amide bonds. The number of aryl methyl sites for hydroxylation is 1. The van der Waals surface area contributed by atoms with Crippen molar-refractivity contribution in [1.82, 2.24) is 0 Å². The van der Waals surface area contributed by atoms with Crippen molar-refractivity contribution in [2.24, 2.45) is 0 Å². The Morgan fingerprint density at radius 2 is 0.750 bits per heavy atom. The Kier molecular flexibility index (Phi) is 28.3. The van der Waals surface area contributed by atoms with Crippen molar-refractivity contribution in [2.75, 3.05) is 85.9 Å². The lowest BCUT2D eigenvalue weighted by molar-refractivity contribution is -0.0179. The van der Waals surface area contributed by atoms with Crippen molar-refractivity contribution in [3.63, 3.8) is 0 Å². The zero-order valence-electron chi connectivity index (χ0n) is 25.8. The van der Waals surface area contributed by atoms with Crippen LogP contribution in [0.15, 0.2) is 24.3 Å². The van der Waals surface area contributed by atoms with Gasteiger partial charge in [0.2, 0.25) is 0 Å². The van der Waals surface area contributed by atoms with Crippen molar-refractivity contribution < 1.29 is 33.2 Å². The maximum absolute atomic E-state index is 5.77. The Morgan fingerprint density at radius 3 is 1.23 bits per heavy atom. The van der Waals surface area contributed by atoms with Crippen LogP contribution in [0.1, 0.15) is 90.0 Å². The molecule has 0 aliphatic carbocycles. The number of rotatable bonds is 32. The summed E-state index contributed by atoms with van der Waals surface area (Å²) < 4.78 is 38.9. The lowest BCUT2D eigenvalue weighted by Gasteiger charge is -2.09. The molecule has 0 bridgehead atoms. The second kappa shape index (κ2) is 30.7. The van der Waals surface area contributed by atoms with E-state index in [0.29, 0.717) is 79.3 Å². The van der Waals surface area contributed by atoms with Gasteiger partial charge in [0.1, 0.15) is 12.4 Å². The van der Waals surface area contributed by atoms with Crippen molar-refractivity contribution in [3.8, 4) is 5.75 Å². The summed E-state index contributed by atoms with van der Waals surface area (Å²) in [4.78, 5) is 0. The van der Waals surface area contributed by atoms with Crippen LogP contribution in [0, 0.1) is 0 Å². The molecule has 7 nitrogen and oxygen atoms in total. The molecule has 1 rings (SSSR count). The van der Waals surface area contributed by atoms with E-state index in [1.807, 2.05) is 0 Å². The highest BCUT2D eigenvalue weighted by molar-refractivity contribution is 5.27. The molecule has 0 radical (unpaired) electrons. The largest absolute Gasteiger partial charge is 0.491 e. The van der Waals surface area contributed by atoms with E-state index in [-0.39, 0.29) is 0 Å². The van der Waals surface area contributed by atoms with Gasteiger partial charge in [-0.15, -0.1) is 0 Å². The van der Waals surface area contributed by atoms with Gasteiger partial charge in [0.25, 0.3) is 0 Å². The lowest BCUT2D eigenvalue weighted by Crippen LogP contribution is -2.14. The van der Waals surface area contributed by atoms with E-state index < -0.39 is 0 Å². The fraction of sp³-hybridized carbons (Fsp3) is 0.818. The minimum atomic E-state index is 0.540. The van der Waals surface area contributed by atoms with Crippen molar-refractivity contribution >= 4 is 0 Å². The van der Waals surface area contributed by atoms with Gasteiger partial charge in [0, 0.05) is 6.61 Å². The van der Waals surface area contributed by atoms with Crippen LogP contribution in [-0.2, 0) is 34.8 Å². The van der Waals surface area contributed by atoms with Gasteiger partial charge in [-0.3, -0.25) is 0 Å². The van der Waals surface area contributed by atoms with Crippen LogP contribution in [0.2, 0.25) is 0 Å². The maximum atomic E-state index is 5.77. The third-order valence-corrected chi connectivity index (χ3v) is 6.49. The van der Waals surface area contributed by atoms with E-state index in [0.717, 1.165) is 25.2 Å². The molecule has 0 saturated carbocycles. The summed E-state index contributed by atoms with van der Waals surface area (Å²) in [6.07, 6.45) is 15.5. The lowest BCUT2D eigenvalue weighted by atomic mass is 10.0. The Morgan fingerprint density at radius 1 is 0.375 bits per heavy atom. The second-order valence-electron chi connectivity index (χ2n) is 10.1. The first-order valence-corrected chi connectivity index (χ1v) is 16.0. The van der Waals surface area contributed by atoms with E-state index in [4.69, 9.17) is 33.2 Å². The molecule has 0 heterocycles. The Bertz CT molecular complexity index is 611. The van der Waals surface area contributed by atoms with Crippen LogP contribution in [-0.4, -0.2) is 85.9 Å². The standard InChI is InChI=1S/C33H60O7/c1-3-5-7-9-10-11-12-14-32-15-17-33(18-16-32)40-31-30-39-29-28-38-27-26-37-25-24-36-23-22-35-21-20-34-19-13-8-6-4-2/h15-18H,3-14,19-31H2,1-2H3. The highest BCUT2D eigenvalue weighted by atomic mass is 16.6. The number of ether oxygens (including phenoxy) is 7. The van der Waals surface area contributed by atoms with Crippen LogP contribution in [0.5, 0.6) is 5.75 Å². The summed E-state index contributed by atoms with van der Waals surface area (Å²) in [6.45, 7) is 12.1. The molecule has 0 unspecified atom stereocenters. The minimum Gasteiger partial charge on any atom is -0.491 e. The number of hydrogen-bond acceptors (Lipinski definition) is 7. The van der Waals surface area contributed by atoms with Crippen LogP contribution in [0.4, 0.5) is 0 Å². The number of unbranched alkanes of at least 4 members (excludes halogenated alkanes) is 9. The van der Waals surface area contributed by atoms with Crippen LogP contribution in [0.25, 0.3) is 0 Å². The van der Waals surface area contributed by atoms with Crippen molar-refractivity contribution in [2.45, 2.75) is 90.9 Å². The zero-order chi connectivity index (χ0) is 28.6. The predicted octanol–water partition coefficient (Wildman–Crippen LogP) is 7.04. The minimum absolute atomic E-state index is 0.540. The molecule has 0 fully saturated rings. The molecule has 0 saturated heterocycles. The van der Waals surface area contributed by atoms with E-state index in [9.17, 15) is 0 Å².